The van der Waals surface area contributed by atoms with Crippen LogP contribution in [-0.4, -0.2) is 32.2 Å². The molecule has 0 heterocycles. The van der Waals surface area contributed by atoms with E-state index in [1.807, 2.05) is 18.2 Å². The Hall–Kier alpha value is -3.28. The molecule has 0 radical (unpaired) electrons. The van der Waals surface area contributed by atoms with Crippen molar-refractivity contribution in [3.8, 4) is 11.5 Å². The van der Waals surface area contributed by atoms with Gasteiger partial charge in [-0.25, -0.2) is 4.79 Å². The molecule has 160 valence electrons. The van der Waals surface area contributed by atoms with Crippen molar-refractivity contribution in [2.24, 2.45) is 5.92 Å². The number of nitrogens with one attached hydrogen (secondary N) is 1. The first-order chi connectivity index (χ1) is 14.4. The molecule has 0 aliphatic carbocycles. The molecule has 0 saturated carbocycles. The Bertz CT molecular complexity index is 872. The fourth-order valence-electron chi connectivity index (χ4n) is 2.57. The number of amides is 1. The van der Waals surface area contributed by atoms with Crippen LogP contribution in [0, 0.1) is 5.92 Å². The Morgan fingerprint density at radius 3 is 2.43 bits per heavy atom. The molecule has 0 atom stereocenters. The van der Waals surface area contributed by atoms with Crippen molar-refractivity contribution in [2.75, 3.05) is 25.6 Å². The van der Waals surface area contributed by atoms with Crippen LogP contribution in [0.25, 0.3) is 6.08 Å². The van der Waals surface area contributed by atoms with Crippen LogP contribution in [0.4, 0.5) is 5.69 Å². The number of benzene rings is 2. The Kier molecular flexibility index (Phi) is 8.94. The SMILES string of the molecule is CCOC(=O)c1ccc(NC(=O)C=Cc2ccc(OCCC(C)C)c(OC)c2)cc1. The molecule has 1 amide bonds. The zero-order chi connectivity index (χ0) is 21.9. The van der Waals surface area contributed by atoms with Crippen LogP contribution in [0.2, 0.25) is 0 Å². The van der Waals surface area contributed by atoms with E-state index in [4.69, 9.17) is 14.2 Å². The number of rotatable bonds is 10. The highest BCUT2D eigenvalue weighted by atomic mass is 16.5. The van der Waals surface area contributed by atoms with Gasteiger partial charge in [0.1, 0.15) is 0 Å². The molecule has 0 bridgehead atoms. The topological polar surface area (TPSA) is 73.9 Å². The molecule has 2 rings (SSSR count). The standard InChI is InChI=1S/C24H29NO5/c1-5-29-24(27)19-8-10-20(11-9-19)25-23(26)13-7-18-6-12-21(22(16-18)28-4)30-15-14-17(2)3/h6-13,16-17H,5,14-15H2,1-4H3,(H,25,26). The fraction of sp³-hybridized carbons (Fsp3) is 0.333. The van der Waals surface area contributed by atoms with Crippen molar-refractivity contribution < 1.29 is 23.8 Å². The van der Waals surface area contributed by atoms with Gasteiger partial charge in [0, 0.05) is 11.8 Å². The molecule has 30 heavy (non-hydrogen) atoms. The van der Waals surface area contributed by atoms with Gasteiger partial charge >= 0.3 is 5.97 Å². The van der Waals surface area contributed by atoms with Gasteiger partial charge in [-0.3, -0.25) is 4.79 Å². The van der Waals surface area contributed by atoms with Gasteiger partial charge in [0.25, 0.3) is 0 Å². The normalized spacial score (nSPS) is 10.8. The third-order valence-corrected chi connectivity index (χ3v) is 4.23. The summed E-state index contributed by atoms with van der Waals surface area (Å²) >= 11 is 0. The van der Waals surface area contributed by atoms with E-state index in [2.05, 4.69) is 19.2 Å². The first-order valence-electron chi connectivity index (χ1n) is 10.00. The highest BCUT2D eigenvalue weighted by Crippen LogP contribution is 2.29. The monoisotopic (exact) mass is 411 g/mol. The number of carbonyl (C=O) groups excluding carboxylic acids is 2. The summed E-state index contributed by atoms with van der Waals surface area (Å²) in [6, 6.07) is 12.1. The maximum Gasteiger partial charge on any atom is 0.338 e. The number of esters is 1. The Morgan fingerprint density at radius 2 is 1.80 bits per heavy atom. The largest absolute Gasteiger partial charge is 0.493 e. The van der Waals surface area contributed by atoms with Crippen LogP contribution in [0.1, 0.15) is 43.1 Å². The predicted octanol–water partition coefficient (Wildman–Crippen LogP) is 4.95. The minimum Gasteiger partial charge on any atom is -0.493 e. The van der Waals surface area contributed by atoms with E-state index in [1.165, 1.54) is 6.08 Å². The zero-order valence-corrected chi connectivity index (χ0v) is 17.9. The Balaban J connectivity index is 1.96. The van der Waals surface area contributed by atoms with E-state index in [1.54, 1.807) is 44.4 Å². The maximum atomic E-state index is 12.2. The number of anilines is 1. The summed E-state index contributed by atoms with van der Waals surface area (Å²) in [6.07, 6.45) is 4.10. The molecule has 0 fully saturated rings. The van der Waals surface area contributed by atoms with E-state index in [0.29, 0.717) is 41.9 Å². The predicted molar refractivity (Wildman–Crippen MR) is 118 cm³/mol. The third kappa shape index (κ3) is 7.28. The molecule has 0 spiro atoms. The summed E-state index contributed by atoms with van der Waals surface area (Å²) in [5.74, 6) is 1.20. The molecule has 0 aliphatic rings. The van der Waals surface area contributed by atoms with Crippen molar-refractivity contribution >= 4 is 23.6 Å². The number of ether oxygens (including phenoxy) is 3. The molecule has 0 aromatic heterocycles. The van der Waals surface area contributed by atoms with E-state index < -0.39 is 0 Å². The molecule has 6 heteroatoms. The van der Waals surface area contributed by atoms with E-state index in [0.717, 1.165) is 12.0 Å². The molecule has 6 nitrogen and oxygen atoms in total. The average molecular weight is 411 g/mol. The lowest BCUT2D eigenvalue weighted by Gasteiger charge is -2.12. The zero-order valence-electron chi connectivity index (χ0n) is 17.9. The van der Waals surface area contributed by atoms with Crippen LogP contribution >= 0.6 is 0 Å². The van der Waals surface area contributed by atoms with Crippen LogP contribution in [0.5, 0.6) is 11.5 Å². The van der Waals surface area contributed by atoms with Crippen molar-refractivity contribution in [3.63, 3.8) is 0 Å². The molecular weight excluding hydrogens is 382 g/mol. The minimum atomic E-state index is -0.388. The van der Waals surface area contributed by atoms with Gasteiger partial charge in [0.05, 0.1) is 25.9 Å². The van der Waals surface area contributed by atoms with E-state index in [9.17, 15) is 9.59 Å². The number of hydrogen-bond acceptors (Lipinski definition) is 5. The number of methoxy groups -OCH3 is 1. The van der Waals surface area contributed by atoms with Gasteiger partial charge in [0.15, 0.2) is 11.5 Å². The van der Waals surface area contributed by atoms with Gasteiger partial charge in [-0.1, -0.05) is 19.9 Å². The Morgan fingerprint density at radius 1 is 1.07 bits per heavy atom. The summed E-state index contributed by atoms with van der Waals surface area (Å²) in [5.41, 5.74) is 1.84. The second kappa shape index (κ2) is 11.7. The molecule has 0 unspecified atom stereocenters. The highest BCUT2D eigenvalue weighted by molar-refractivity contribution is 6.02. The molecule has 2 aromatic rings. The second-order valence-electron chi connectivity index (χ2n) is 7.06. The van der Waals surface area contributed by atoms with Crippen LogP contribution in [-0.2, 0) is 9.53 Å². The second-order valence-corrected chi connectivity index (χ2v) is 7.06. The molecule has 2 aromatic carbocycles. The number of hydrogen-bond donors (Lipinski definition) is 1. The van der Waals surface area contributed by atoms with Crippen molar-refractivity contribution in [1.29, 1.82) is 0 Å². The lowest BCUT2D eigenvalue weighted by molar-refractivity contribution is -0.111. The highest BCUT2D eigenvalue weighted by Gasteiger charge is 2.07. The minimum absolute atomic E-state index is 0.282. The number of carbonyl (C=O) groups is 2. The molecule has 0 aliphatic heterocycles. The van der Waals surface area contributed by atoms with E-state index in [-0.39, 0.29) is 11.9 Å². The van der Waals surface area contributed by atoms with Gasteiger partial charge in [-0.05, 0) is 67.3 Å². The van der Waals surface area contributed by atoms with Gasteiger partial charge in [0.2, 0.25) is 5.91 Å². The molecule has 0 saturated heterocycles. The fourth-order valence-corrected chi connectivity index (χ4v) is 2.57. The van der Waals surface area contributed by atoms with Crippen LogP contribution in [0.15, 0.2) is 48.5 Å². The third-order valence-electron chi connectivity index (χ3n) is 4.23. The van der Waals surface area contributed by atoms with Gasteiger partial charge < -0.3 is 19.5 Å². The first kappa shape index (κ1) is 23.0. The van der Waals surface area contributed by atoms with Crippen molar-refractivity contribution in [2.45, 2.75) is 27.2 Å². The van der Waals surface area contributed by atoms with E-state index >= 15 is 0 Å². The lowest BCUT2D eigenvalue weighted by atomic mass is 10.1. The molecular formula is C24H29NO5. The maximum absolute atomic E-state index is 12.2. The van der Waals surface area contributed by atoms with Crippen molar-refractivity contribution in [3.05, 3.63) is 59.7 Å². The van der Waals surface area contributed by atoms with Crippen molar-refractivity contribution in [1.82, 2.24) is 0 Å². The summed E-state index contributed by atoms with van der Waals surface area (Å²) < 4.78 is 16.1. The van der Waals surface area contributed by atoms with Crippen LogP contribution in [0.3, 0.4) is 0 Å². The van der Waals surface area contributed by atoms with Gasteiger partial charge in [-0.15, -0.1) is 0 Å². The smallest absolute Gasteiger partial charge is 0.338 e. The summed E-state index contributed by atoms with van der Waals surface area (Å²) in [6.45, 7) is 6.99. The first-order valence-corrected chi connectivity index (χ1v) is 10.00. The summed E-state index contributed by atoms with van der Waals surface area (Å²) in [5, 5.41) is 2.75. The average Bonchev–Trinajstić information content (AvgIpc) is 2.73. The summed E-state index contributed by atoms with van der Waals surface area (Å²) in [7, 11) is 1.59. The van der Waals surface area contributed by atoms with Gasteiger partial charge in [-0.2, -0.15) is 0 Å². The molecule has 1 N–H and O–H groups in total. The Labute approximate surface area is 177 Å². The lowest BCUT2D eigenvalue weighted by Crippen LogP contribution is -2.08. The van der Waals surface area contributed by atoms with Crippen LogP contribution < -0.4 is 14.8 Å². The summed E-state index contributed by atoms with van der Waals surface area (Å²) in [4.78, 5) is 23.8. The quantitative estimate of drug-likeness (QED) is 0.442.